The summed E-state index contributed by atoms with van der Waals surface area (Å²) in [5, 5.41) is 25.0. The van der Waals surface area contributed by atoms with E-state index in [2.05, 4.69) is 5.73 Å². The molecule has 0 heterocycles. The van der Waals surface area contributed by atoms with E-state index in [1.165, 1.54) is 6.92 Å². The van der Waals surface area contributed by atoms with Gasteiger partial charge in [-0.25, -0.2) is 0 Å². The van der Waals surface area contributed by atoms with E-state index in [9.17, 15) is 4.79 Å². The highest BCUT2D eigenvalue weighted by molar-refractivity contribution is 5.70. The molecule has 6 nitrogen and oxygen atoms in total. The van der Waals surface area contributed by atoms with Crippen molar-refractivity contribution in [3.05, 3.63) is 0 Å². The zero-order chi connectivity index (χ0) is 10.2. The molecular weight excluding hydrogens is 164 g/mol. The van der Waals surface area contributed by atoms with E-state index < -0.39 is 25.4 Å². The number of hydrogen-bond donors (Lipinski definition) is 5. The molecule has 0 spiro atoms. The van der Waals surface area contributed by atoms with Gasteiger partial charge in [0.25, 0.3) is 0 Å². The Morgan fingerprint density at radius 1 is 1.25 bits per heavy atom. The number of carbonyl (C=O) groups is 1. The van der Waals surface area contributed by atoms with Gasteiger partial charge in [0.05, 0.1) is 25.4 Å². The number of primary amides is 1. The lowest BCUT2D eigenvalue weighted by atomic mass is 10.1. The van der Waals surface area contributed by atoms with Gasteiger partial charge in [-0.05, 0) is 0 Å². The van der Waals surface area contributed by atoms with Crippen molar-refractivity contribution in [3.63, 3.8) is 0 Å². The van der Waals surface area contributed by atoms with E-state index in [1.807, 2.05) is 0 Å². The molecule has 1 amide bonds. The molecule has 12 heavy (non-hydrogen) atoms. The summed E-state index contributed by atoms with van der Waals surface area (Å²) in [4.78, 5) is 9.22. The quantitative estimate of drug-likeness (QED) is 0.319. The summed E-state index contributed by atoms with van der Waals surface area (Å²) in [5.41, 5.74) is 8.41. The van der Waals surface area contributed by atoms with Crippen molar-refractivity contribution in [3.8, 4) is 0 Å². The van der Waals surface area contributed by atoms with Gasteiger partial charge in [-0.15, -0.1) is 0 Å². The molecule has 0 aromatic rings. The fraction of sp³-hybridized carbons (Fsp3) is 0.833. The van der Waals surface area contributed by atoms with Crippen LogP contribution in [0, 0.1) is 0 Å². The normalized spacial score (nSPS) is 10.1. The van der Waals surface area contributed by atoms with E-state index in [4.69, 9.17) is 21.1 Å². The van der Waals surface area contributed by atoms with Crippen LogP contribution >= 0.6 is 0 Å². The molecule has 0 aliphatic carbocycles. The maximum atomic E-state index is 9.22. The Morgan fingerprint density at radius 2 is 1.42 bits per heavy atom. The van der Waals surface area contributed by atoms with E-state index in [0.29, 0.717) is 0 Å². The summed E-state index contributed by atoms with van der Waals surface area (Å²) in [6.45, 7) is 0.0972. The Morgan fingerprint density at radius 3 is 1.42 bits per heavy atom. The molecular formula is C6H16N2O4. The molecule has 0 aromatic heterocycles. The van der Waals surface area contributed by atoms with Crippen LogP contribution in [0.5, 0.6) is 0 Å². The second-order valence-corrected chi connectivity index (χ2v) is 2.45. The molecule has 0 fully saturated rings. The molecule has 0 radical (unpaired) electrons. The van der Waals surface area contributed by atoms with Crippen molar-refractivity contribution in [2.75, 3.05) is 19.8 Å². The van der Waals surface area contributed by atoms with Gasteiger partial charge in [-0.1, -0.05) is 0 Å². The molecule has 0 saturated carbocycles. The average Bonchev–Trinajstić information content (AvgIpc) is 2.02. The molecule has 0 unspecified atom stereocenters. The third kappa shape index (κ3) is 9.31. The predicted molar refractivity (Wildman–Crippen MR) is 43.0 cm³/mol. The molecule has 74 valence electrons. The van der Waals surface area contributed by atoms with Crippen molar-refractivity contribution in [2.45, 2.75) is 12.5 Å². The van der Waals surface area contributed by atoms with Gasteiger partial charge < -0.3 is 26.8 Å². The summed E-state index contributed by atoms with van der Waals surface area (Å²) >= 11 is 0. The summed E-state index contributed by atoms with van der Waals surface area (Å²) in [6, 6.07) is 0. The fourth-order valence-corrected chi connectivity index (χ4v) is 0.150. The van der Waals surface area contributed by atoms with Crippen LogP contribution in [-0.4, -0.2) is 46.6 Å². The molecule has 0 rings (SSSR count). The van der Waals surface area contributed by atoms with Crippen LogP contribution in [0.3, 0.4) is 0 Å². The summed E-state index contributed by atoms with van der Waals surface area (Å²) in [7, 11) is 0. The van der Waals surface area contributed by atoms with E-state index >= 15 is 0 Å². The standard InChI is InChI=1S/C4H11NO3.C2H5NO/c5-4(1-6,2-7)3-8;1-2(3)4/h6-8H,1-3,5H2;1H3,(H2,3,4). The monoisotopic (exact) mass is 180 g/mol. The maximum Gasteiger partial charge on any atom is 0.214 e. The highest BCUT2D eigenvalue weighted by atomic mass is 16.3. The van der Waals surface area contributed by atoms with Crippen LogP contribution in [0.2, 0.25) is 0 Å². The second-order valence-electron chi connectivity index (χ2n) is 2.45. The predicted octanol–water partition coefficient (Wildman–Crippen LogP) is -2.85. The Hall–Kier alpha value is -0.690. The largest absolute Gasteiger partial charge is 0.394 e. The summed E-state index contributed by atoms with van der Waals surface area (Å²) in [6.07, 6.45) is 0. The van der Waals surface area contributed by atoms with E-state index in [1.54, 1.807) is 0 Å². The molecule has 0 atom stereocenters. The van der Waals surface area contributed by atoms with Gasteiger partial charge in [-0.3, -0.25) is 4.79 Å². The minimum absolute atomic E-state index is 0.333. The van der Waals surface area contributed by atoms with Crippen LogP contribution in [0.25, 0.3) is 0 Å². The van der Waals surface area contributed by atoms with Crippen molar-refractivity contribution in [1.82, 2.24) is 0 Å². The Labute approximate surface area is 70.8 Å². The van der Waals surface area contributed by atoms with E-state index in [0.717, 1.165) is 0 Å². The topological polar surface area (TPSA) is 130 Å². The van der Waals surface area contributed by atoms with Crippen molar-refractivity contribution in [2.24, 2.45) is 11.5 Å². The van der Waals surface area contributed by atoms with Gasteiger partial charge in [0.2, 0.25) is 5.91 Å². The van der Waals surface area contributed by atoms with Crippen LogP contribution in [0.4, 0.5) is 0 Å². The Bertz CT molecular complexity index is 112. The number of carbonyl (C=O) groups excluding carboxylic acids is 1. The van der Waals surface area contributed by atoms with Crippen LogP contribution in [0.1, 0.15) is 6.92 Å². The minimum Gasteiger partial charge on any atom is -0.394 e. The lowest BCUT2D eigenvalue weighted by Gasteiger charge is -2.20. The smallest absolute Gasteiger partial charge is 0.214 e. The molecule has 7 N–H and O–H groups in total. The van der Waals surface area contributed by atoms with Gasteiger partial charge in [-0.2, -0.15) is 0 Å². The van der Waals surface area contributed by atoms with Crippen molar-refractivity contribution < 1.29 is 20.1 Å². The lowest BCUT2D eigenvalue weighted by molar-refractivity contribution is -0.115. The highest BCUT2D eigenvalue weighted by Crippen LogP contribution is 1.93. The van der Waals surface area contributed by atoms with Gasteiger partial charge >= 0.3 is 0 Å². The van der Waals surface area contributed by atoms with Crippen molar-refractivity contribution in [1.29, 1.82) is 0 Å². The van der Waals surface area contributed by atoms with Crippen molar-refractivity contribution >= 4 is 5.91 Å². The molecule has 0 aliphatic heterocycles. The third-order valence-corrected chi connectivity index (χ3v) is 0.945. The molecule has 0 bridgehead atoms. The first-order chi connectivity index (χ1) is 5.41. The first kappa shape index (κ1) is 13.9. The molecule has 0 aromatic carbocycles. The first-order valence-corrected chi connectivity index (χ1v) is 3.29. The molecule has 0 aliphatic rings. The summed E-state index contributed by atoms with van der Waals surface area (Å²) < 4.78 is 0. The number of hydrogen-bond acceptors (Lipinski definition) is 5. The fourth-order valence-electron chi connectivity index (χ4n) is 0.150. The average molecular weight is 180 g/mol. The maximum absolute atomic E-state index is 9.22. The Balaban J connectivity index is 0. The number of aliphatic hydroxyl groups is 3. The Kier molecular flexibility index (Phi) is 8.07. The SMILES string of the molecule is CC(N)=O.NC(CO)(CO)CO. The second kappa shape index (κ2) is 6.99. The molecule has 0 saturated heterocycles. The highest BCUT2D eigenvalue weighted by Gasteiger charge is 2.20. The lowest BCUT2D eigenvalue weighted by Crippen LogP contribution is -2.50. The minimum atomic E-state index is -1.21. The number of nitrogens with two attached hydrogens (primary N) is 2. The van der Waals surface area contributed by atoms with Crippen LogP contribution in [0.15, 0.2) is 0 Å². The third-order valence-electron chi connectivity index (χ3n) is 0.945. The molecule has 6 heteroatoms. The van der Waals surface area contributed by atoms with Crippen LogP contribution < -0.4 is 11.5 Å². The van der Waals surface area contributed by atoms with Gasteiger partial charge in [0.1, 0.15) is 0 Å². The summed E-state index contributed by atoms with van der Waals surface area (Å²) in [5.74, 6) is -0.333. The van der Waals surface area contributed by atoms with Gasteiger partial charge in [0.15, 0.2) is 0 Å². The van der Waals surface area contributed by atoms with E-state index in [-0.39, 0.29) is 5.91 Å². The number of rotatable bonds is 3. The first-order valence-electron chi connectivity index (χ1n) is 3.29. The number of amides is 1. The van der Waals surface area contributed by atoms with Gasteiger partial charge in [0, 0.05) is 6.92 Å². The number of aliphatic hydroxyl groups excluding tert-OH is 3. The van der Waals surface area contributed by atoms with Crippen LogP contribution in [-0.2, 0) is 4.79 Å². The zero-order valence-electron chi connectivity index (χ0n) is 7.03. The zero-order valence-corrected chi connectivity index (χ0v) is 7.03.